The van der Waals surface area contributed by atoms with Gasteiger partial charge >= 0.3 is 0 Å². The van der Waals surface area contributed by atoms with Crippen LogP contribution in [0.1, 0.15) is 17.4 Å². The van der Waals surface area contributed by atoms with Gasteiger partial charge in [0.1, 0.15) is 17.6 Å². The Morgan fingerprint density at radius 3 is 2.71 bits per heavy atom. The predicted octanol–water partition coefficient (Wildman–Crippen LogP) is 2.51. The molecule has 0 saturated carbocycles. The van der Waals surface area contributed by atoms with Gasteiger partial charge in [-0.1, -0.05) is 35.5 Å². The van der Waals surface area contributed by atoms with Gasteiger partial charge in [-0.3, -0.25) is 9.89 Å². The van der Waals surface area contributed by atoms with Gasteiger partial charge in [-0.2, -0.15) is 0 Å². The lowest BCUT2D eigenvalue weighted by Gasteiger charge is -2.17. The first-order valence-corrected chi connectivity index (χ1v) is 7.31. The molecule has 8 heteroatoms. The third-order valence-electron chi connectivity index (χ3n) is 3.34. The number of H-pyrrole nitrogens is 1. The first kappa shape index (κ1) is 15.6. The molecule has 3 aromatic rings. The molecule has 1 aromatic carbocycles. The van der Waals surface area contributed by atoms with Crippen molar-refractivity contribution < 1.29 is 14.1 Å². The summed E-state index contributed by atoms with van der Waals surface area (Å²) < 4.78 is 10.0. The van der Waals surface area contributed by atoms with Crippen molar-refractivity contribution in [2.45, 2.75) is 13.0 Å². The van der Waals surface area contributed by atoms with Crippen molar-refractivity contribution in [3.63, 3.8) is 0 Å². The molecule has 0 aliphatic heterocycles. The number of methoxy groups -OCH3 is 1. The third kappa shape index (κ3) is 3.54. The second-order valence-electron chi connectivity index (χ2n) is 5.12. The monoisotopic (exact) mass is 327 g/mol. The third-order valence-corrected chi connectivity index (χ3v) is 3.34. The molecule has 0 radical (unpaired) electrons. The summed E-state index contributed by atoms with van der Waals surface area (Å²) in [6.07, 6.45) is 0. The van der Waals surface area contributed by atoms with Crippen LogP contribution in [0.3, 0.4) is 0 Å². The lowest BCUT2D eigenvalue weighted by molar-refractivity contribution is -0.117. The Bertz CT molecular complexity index is 812. The van der Waals surface area contributed by atoms with E-state index < -0.39 is 6.04 Å². The summed E-state index contributed by atoms with van der Waals surface area (Å²) in [4.78, 5) is 12.7. The first-order valence-electron chi connectivity index (χ1n) is 7.31. The fraction of sp³-hybridized carbons (Fsp3) is 0.188. The van der Waals surface area contributed by atoms with Crippen molar-refractivity contribution in [2.24, 2.45) is 0 Å². The zero-order valence-corrected chi connectivity index (χ0v) is 13.2. The van der Waals surface area contributed by atoms with Crippen molar-refractivity contribution in [3.8, 4) is 5.88 Å². The number of benzene rings is 1. The number of hydrogen-bond donors (Lipinski definition) is 3. The normalized spacial score (nSPS) is 11.8. The summed E-state index contributed by atoms with van der Waals surface area (Å²) in [6, 6.07) is 12.0. The van der Waals surface area contributed by atoms with Gasteiger partial charge < -0.3 is 19.9 Å². The number of aryl methyl sites for hydroxylation is 1. The van der Waals surface area contributed by atoms with Crippen molar-refractivity contribution in [3.05, 3.63) is 53.8 Å². The summed E-state index contributed by atoms with van der Waals surface area (Å²) in [7, 11) is 1.52. The Hall–Kier alpha value is -3.29. The molecule has 0 saturated heterocycles. The molecule has 1 unspecified atom stereocenters. The second-order valence-corrected chi connectivity index (χ2v) is 5.12. The number of amides is 1. The standard InChI is InChI=1S/C16H17N5O3/c1-10-8-13(21-24-10)18-16(22)15(11-6-4-3-5-7-11)17-12-9-14(23-2)20-19-12/h3-9,15H,1-2H3,(H2,17,19,20)(H,18,21,22). The number of aromatic nitrogens is 3. The van der Waals surface area contributed by atoms with Crippen molar-refractivity contribution in [1.29, 1.82) is 0 Å². The van der Waals surface area contributed by atoms with E-state index in [-0.39, 0.29) is 5.91 Å². The molecule has 0 aliphatic carbocycles. The topological polar surface area (TPSA) is 105 Å². The lowest BCUT2D eigenvalue weighted by atomic mass is 10.1. The van der Waals surface area contributed by atoms with Crippen molar-refractivity contribution >= 4 is 17.5 Å². The quantitative estimate of drug-likeness (QED) is 0.642. The Labute approximate surface area is 138 Å². The van der Waals surface area contributed by atoms with Crippen LogP contribution in [0.2, 0.25) is 0 Å². The summed E-state index contributed by atoms with van der Waals surface area (Å²) >= 11 is 0. The SMILES string of the molecule is COc1cc(NC(C(=O)Nc2cc(C)on2)c2ccccc2)[nH]n1. The maximum absolute atomic E-state index is 12.7. The minimum Gasteiger partial charge on any atom is -0.480 e. The predicted molar refractivity (Wildman–Crippen MR) is 87.8 cm³/mol. The molecule has 1 amide bonds. The minimum atomic E-state index is -0.645. The van der Waals surface area contributed by atoms with Gasteiger partial charge in [0.25, 0.3) is 5.91 Å². The average Bonchev–Trinajstić information content (AvgIpc) is 3.22. The van der Waals surface area contributed by atoms with E-state index >= 15 is 0 Å². The van der Waals surface area contributed by atoms with Gasteiger partial charge in [0, 0.05) is 12.1 Å². The van der Waals surface area contributed by atoms with E-state index in [1.54, 1.807) is 19.1 Å². The highest BCUT2D eigenvalue weighted by Gasteiger charge is 2.22. The molecule has 0 bridgehead atoms. The lowest BCUT2D eigenvalue weighted by Crippen LogP contribution is -2.27. The molecule has 0 fully saturated rings. The molecule has 8 nitrogen and oxygen atoms in total. The Balaban J connectivity index is 1.82. The van der Waals surface area contributed by atoms with Gasteiger partial charge in [0.2, 0.25) is 5.88 Å². The van der Waals surface area contributed by atoms with E-state index in [9.17, 15) is 4.79 Å². The fourth-order valence-electron chi connectivity index (χ4n) is 2.21. The molecule has 124 valence electrons. The first-order chi connectivity index (χ1) is 11.7. The molecule has 3 rings (SSSR count). The van der Waals surface area contributed by atoms with E-state index in [0.717, 1.165) is 5.56 Å². The van der Waals surface area contributed by atoms with Crippen LogP contribution in [-0.2, 0) is 4.79 Å². The van der Waals surface area contributed by atoms with Crippen LogP contribution in [-0.4, -0.2) is 28.4 Å². The Kier molecular flexibility index (Phi) is 4.46. The number of anilines is 2. The Morgan fingerprint density at radius 2 is 2.08 bits per heavy atom. The van der Waals surface area contributed by atoms with E-state index in [1.807, 2.05) is 30.3 Å². The van der Waals surface area contributed by atoms with E-state index in [1.165, 1.54) is 7.11 Å². The number of hydrogen-bond acceptors (Lipinski definition) is 6. The van der Waals surface area contributed by atoms with Gasteiger partial charge in [-0.25, -0.2) is 0 Å². The van der Waals surface area contributed by atoms with Crippen LogP contribution in [0.25, 0.3) is 0 Å². The largest absolute Gasteiger partial charge is 0.480 e. The Morgan fingerprint density at radius 1 is 1.29 bits per heavy atom. The summed E-state index contributed by atoms with van der Waals surface area (Å²) in [5.41, 5.74) is 0.795. The molecular formula is C16H17N5O3. The number of rotatable bonds is 6. The zero-order chi connectivity index (χ0) is 16.9. The van der Waals surface area contributed by atoms with Crippen LogP contribution < -0.4 is 15.4 Å². The minimum absolute atomic E-state index is 0.275. The molecule has 24 heavy (non-hydrogen) atoms. The number of carbonyl (C=O) groups excluding carboxylic acids is 1. The number of nitrogens with one attached hydrogen (secondary N) is 3. The van der Waals surface area contributed by atoms with Crippen LogP contribution in [0.15, 0.2) is 47.0 Å². The van der Waals surface area contributed by atoms with Crippen LogP contribution >= 0.6 is 0 Å². The van der Waals surface area contributed by atoms with Gasteiger partial charge in [-0.05, 0) is 12.5 Å². The van der Waals surface area contributed by atoms with Crippen LogP contribution in [0.5, 0.6) is 5.88 Å². The van der Waals surface area contributed by atoms with Crippen LogP contribution in [0.4, 0.5) is 11.6 Å². The smallest absolute Gasteiger partial charge is 0.252 e. The highest BCUT2D eigenvalue weighted by atomic mass is 16.5. The van der Waals surface area contributed by atoms with Gasteiger partial charge in [0.05, 0.1) is 7.11 Å². The van der Waals surface area contributed by atoms with E-state index in [4.69, 9.17) is 9.26 Å². The number of ether oxygens (including phenoxy) is 1. The fourth-order valence-corrected chi connectivity index (χ4v) is 2.21. The molecule has 0 spiro atoms. The van der Waals surface area contributed by atoms with Crippen molar-refractivity contribution in [2.75, 3.05) is 17.7 Å². The molecule has 3 N–H and O–H groups in total. The second kappa shape index (κ2) is 6.86. The van der Waals surface area contributed by atoms with E-state index in [0.29, 0.717) is 23.3 Å². The molecule has 2 heterocycles. The van der Waals surface area contributed by atoms with Gasteiger partial charge in [0.15, 0.2) is 5.82 Å². The van der Waals surface area contributed by atoms with Crippen molar-refractivity contribution in [1.82, 2.24) is 15.4 Å². The molecule has 1 atom stereocenters. The summed E-state index contributed by atoms with van der Waals surface area (Å²) in [6.45, 7) is 1.76. The maximum Gasteiger partial charge on any atom is 0.252 e. The summed E-state index contributed by atoms with van der Waals surface area (Å²) in [5, 5.41) is 16.4. The highest BCUT2D eigenvalue weighted by molar-refractivity contribution is 5.96. The average molecular weight is 327 g/mol. The zero-order valence-electron chi connectivity index (χ0n) is 13.2. The molecule has 2 aromatic heterocycles. The van der Waals surface area contributed by atoms with Crippen LogP contribution in [0, 0.1) is 6.92 Å². The number of carbonyl (C=O) groups is 1. The van der Waals surface area contributed by atoms with Gasteiger partial charge in [-0.15, -0.1) is 5.10 Å². The molecule has 0 aliphatic rings. The number of aromatic amines is 1. The van der Waals surface area contributed by atoms with E-state index in [2.05, 4.69) is 26.0 Å². The highest BCUT2D eigenvalue weighted by Crippen LogP contribution is 2.22. The maximum atomic E-state index is 12.7. The summed E-state index contributed by atoms with van der Waals surface area (Å²) in [5.74, 6) is 1.70. The number of nitrogens with zero attached hydrogens (tertiary/aromatic N) is 2. The molecular weight excluding hydrogens is 310 g/mol.